The van der Waals surface area contributed by atoms with Crippen molar-refractivity contribution >= 4 is 33.1 Å². The molecule has 1 heterocycles. The number of carbonyl (C=O) groups is 1. The van der Waals surface area contributed by atoms with E-state index >= 15 is 0 Å². The van der Waals surface area contributed by atoms with Gasteiger partial charge in [0.2, 0.25) is 0 Å². The van der Waals surface area contributed by atoms with E-state index in [0.29, 0.717) is 55.7 Å². The van der Waals surface area contributed by atoms with Crippen LogP contribution in [0.4, 0.5) is 11.4 Å². The van der Waals surface area contributed by atoms with Gasteiger partial charge in [0.15, 0.2) is 28.8 Å². The molecule has 5 rings (SSSR count). The topological polar surface area (TPSA) is 78.1 Å². The highest BCUT2D eigenvalue weighted by Crippen LogP contribution is 2.47. The van der Waals surface area contributed by atoms with E-state index in [9.17, 15) is 4.79 Å². The Balaban J connectivity index is 1.59. The Labute approximate surface area is 244 Å². The number of halogens is 1. The quantitative estimate of drug-likeness (QED) is 0.259. The molecule has 7 nitrogen and oxygen atoms in total. The first-order valence-corrected chi connectivity index (χ1v) is 14.5. The zero-order chi connectivity index (χ0) is 28.2. The van der Waals surface area contributed by atoms with Crippen LogP contribution < -0.4 is 29.6 Å². The van der Waals surface area contributed by atoms with Crippen molar-refractivity contribution in [3.63, 3.8) is 0 Å². The number of methoxy groups -OCH3 is 1. The Kier molecular flexibility index (Phi) is 8.54. The van der Waals surface area contributed by atoms with Gasteiger partial charge >= 0.3 is 0 Å². The zero-order valence-corrected chi connectivity index (χ0v) is 24.9. The summed E-state index contributed by atoms with van der Waals surface area (Å²) in [4.78, 5) is 14.0. The number of Topliss-reactive ketones (excluding diaryl/α,β-unsaturated/α-hetero) is 1. The molecule has 0 amide bonds. The normalized spacial score (nSPS) is 18.1. The second kappa shape index (κ2) is 12.3. The Bertz CT molecular complexity index is 1440. The molecule has 0 radical (unpaired) electrons. The van der Waals surface area contributed by atoms with Crippen molar-refractivity contribution in [2.45, 2.75) is 45.6 Å². The van der Waals surface area contributed by atoms with Crippen LogP contribution in [-0.4, -0.2) is 32.7 Å². The standard InChI is InChI=1S/C32H35BrN2O5/c1-5-38-27-13-12-19(17-28(27)37-4)20-15-25-30(26(36)16-20)31(35-24-11-9-8-10-23(24)34-25)21-14-22(33)32(40-7-3)29(18-21)39-6-2/h8-14,17-18,20,31,34-35H,5-7,15-16H2,1-4H3. The predicted molar refractivity (Wildman–Crippen MR) is 161 cm³/mol. The minimum atomic E-state index is -0.374. The molecular weight excluding hydrogens is 572 g/mol. The smallest absolute Gasteiger partial charge is 0.175 e. The fourth-order valence-electron chi connectivity index (χ4n) is 5.49. The molecule has 2 atom stereocenters. The van der Waals surface area contributed by atoms with E-state index in [2.05, 4.69) is 26.6 Å². The maximum atomic E-state index is 14.0. The Morgan fingerprint density at radius 3 is 2.25 bits per heavy atom. The molecule has 0 bridgehead atoms. The van der Waals surface area contributed by atoms with Crippen molar-refractivity contribution in [3.8, 4) is 23.0 Å². The average Bonchev–Trinajstić information content (AvgIpc) is 3.12. The third-order valence-corrected chi connectivity index (χ3v) is 7.81. The molecule has 3 aromatic rings. The molecule has 8 heteroatoms. The van der Waals surface area contributed by atoms with Gasteiger partial charge < -0.3 is 29.6 Å². The number of ether oxygens (including phenoxy) is 4. The number of ketones is 1. The minimum absolute atomic E-state index is 0.000269. The molecule has 2 N–H and O–H groups in total. The van der Waals surface area contributed by atoms with E-state index in [0.717, 1.165) is 38.2 Å². The van der Waals surface area contributed by atoms with E-state index < -0.39 is 0 Å². The van der Waals surface area contributed by atoms with Gasteiger partial charge in [-0.15, -0.1) is 0 Å². The zero-order valence-electron chi connectivity index (χ0n) is 23.3. The van der Waals surface area contributed by atoms with Crippen LogP contribution in [-0.2, 0) is 4.79 Å². The van der Waals surface area contributed by atoms with E-state index in [1.54, 1.807) is 7.11 Å². The summed E-state index contributed by atoms with van der Waals surface area (Å²) < 4.78 is 23.9. The fraction of sp³-hybridized carbons (Fsp3) is 0.344. The van der Waals surface area contributed by atoms with Crippen LogP contribution in [0.25, 0.3) is 0 Å². The number of rotatable bonds is 9. The molecule has 0 saturated heterocycles. The number of fused-ring (bicyclic) bond motifs is 1. The lowest BCUT2D eigenvalue weighted by Crippen LogP contribution is -2.27. The first kappa shape index (κ1) is 27.9. The lowest BCUT2D eigenvalue weighted by atomic mass is 9.78. The summed E-state index contributed by atoms with van der Waals surface area (Å²) in [6.07, 6.45) is 1.07. The van der Waals surface area contributed by atoms with Crippen LogP contribution in [0, 0.1) is 0 Å². The third-order valence-electron chi connectivity index (χ3n) is 7.22. The molecule has 1 aliphatic carbocycles. The summed E-state index contributed by atoms with van der Waals surface area (Å²) in [5, 5.41) is 7.26. The maximum Gasteiger partial charge on any atom is 0.175 e. The maximum absolute atomic E-state index is 14.0. The van der Waals surface area contributed by atoms with Crippen molar-refractivity contribution in [2.75, 3.05) is 37.6 Å². The number of benzene rings is 3. The van der Waals surface area contributed by atoms with Gasteiger partial charge in [0.1, 0.15) is 0 Å². The summed E-state index contributed by atoms with van der Waals surface area (Å²) in [5.41, 5.74) is 5.48. The summed E-state index contributed by atoms with van der Waals surface area (Å²) in [6, 6.07) is 17.6. The van der Waals surface area contributed by atoms with Gasteiger partial charge in [-0.1, -0.05) is 18.2 Å². The van der Waals surface area contributed by atoms with Crippen molar-refractivity contribution < 1.29 is 23.7 Å². The Morgan fingerprint density at radius 2 is 1.52 bits per heavy atom. The number of hydrogen-bond donors (Lipinski definition) is 2. The molecule has 210 valence electrons. The summed E-state index contributed by atoms with van der Waals surface area (Å²) >= 11 is 3.69. The molecule has 0 aromatic heterocycles. The first-order valence-electron chi connectivity index (χ1n) is 13.8. The first-order chi connectivity index (χ1) is 19.5. The molecule has 1 aliphatic heterocycles. The Hall–Kier alpha value is -3.65. The van der Waals surface area contributed by atoms with Crippen LogP contribution in [0.1, 0.15) is 56.7 Å². The van der Waals surface area contributed by atoms with Crippen molar-refractivity contribution in [3.05, 3.63) is 81.5 Å². The number of para-hydroxylation sites is 2. The van der Waals surface area contributed by atoms with Crippen LogP contribution in [0.15, 0.2) is 70.3 Å². The number of nitrogens with one attached hydrogen (secondary N) is 2. The number of carbonyl (C=O) groups excluding carboxylic acids is 1. The predicted octanol–water partition coefficient (Wildman–Crippen LogP) is 7.63. The van der Waals surface area contributed by atoms with Gasteiger partial charge in [0.05, 0.1) is 48.8 Å². The number of hydrogen-bond acceptors (Lipinski definition) is 7. The van der Waals surface area contributed by atoms with Crippen LogP contribution >= 0.6 is 15.9 Å². The second-order valence-electron chi connectivity index (χ2n) is 9.71. The lowest BCUT2D eigenvalue weighted by molar-refractivity contribution is -0.116. The lowest BCUT2D eigenvalue weighted by Gasteiger charge is -2.30. The molecule has 40 heavy (non-hydrogen) atoms. The van der Waals surface area contributed by atoms with Gasteiger partial charge in [-0.3, -0.25) is 4.79 Å². The minimum Gasteiger partial charge on any atom is -0.493 e. The van der Waals surface area contributed by atoms with Crippen LogP contribution in [0.3, 0.4) is 0 Å². The molecule has 2 aliphatic rings. The van der Waals surface area contributed by atoms with E-state index in [1.165, 1.54) is 0 Å². The molecule has 0 saturated carbocycles. The molecule has 0 fully saturated rings. The van der Waals surface area contributed by atoms with Crippen molar-refractivity contribution in [1.82, 2.24) is 0 Å². The third kappa shape index (κ3) is 5.50. The molecule has 2 unspecified atom stereocenters. The SMILES string of the molecule is CCOc1ccc(C2CC(=O)C3=C(C2)Nc2ccccc2NC3c2cc(Br)c(OCC)c(OCC)c2)cc1OC. The van der Waals surface area contributed by atoms with E-state index in [1.807, 2.05) is 75.4 Å². The fourth-order valence-corrected chi connectivity index (χ4v) is 6.07. The molecule has 0 spiro atoms. The average molecular weight is 608 g/mol. The van der Waals surface area contributed by atoms with Gasteiger partial charge in [0, 0.05) is 17.7 Å². The monoisotopic (exact) mass is 606 g/mol. The van der Waals surface area contributed by atoms with Crippen molar-refractivity contribution in [1.29, 1.82) is 0 Å². The summed E-state index contributed by atoms with van der Waals surface area (Å²) in [6.45, 7) is 7.40. The van der Waals surface area contributed by atoms with Crippen molar-refractivity contribution in [2.24, 2.45) is 0 Å². The Morgan fingerprint density at radius 1 is 0.825 bits per heavy atom. The van der Waals surface area contributed by atoms with E-state index in [4.69, 9.17) is 18.9 Å². The van der Waals surface area contributed by atoms with Crippen LogP contribution in [0.2, 0.25) is 0 Å². The highest BCUT2D eigenvalue weighted by atomic mass is 79.9. The molecule has 3 aromatic carbocycles. The highest BCUT2D eigenvalue weighted by molar-refractivity contribution is 9.10. The largest absolute Gasteiger partial charge is 0.493 e. The summed E-state index contributed by atoms with van der Waals surface area (Å²) in [5.74, 6) is 2.78. The van der Waals surface area contributed by atoms with Crippen LogP contribution in [0.5, 0.6) is 23.0 Å². The highest BCUT2D eigenvalue weighted by Gasteiger charge is 2.37. The van der Waals surface area contributed by atoms with Gasteiger partial charge in [-0.2, -0.15) is 0 Å². The van der Waals surface area contributed by atoms with Gasteiger partial charge in [-0.05, 0) is 96.6 Å². The number of anilines is 2. The second-order valence-corrected chi connectivity index (χ2v) is 10.6. The van der Waals surface area contributed by atoms with Gasteiger partial charge in [-0.25, -0.2) is 0 Å². The number of allylic oxidation sites excluding steroid dienone is 1. The van der Waals surface area contributed by atoms with E-state index in [-0.39, 0.29) is 17.7 Å². The summed E-state index contributed by atoms with van der Waals surface area (Å²) in [7, 11) is 1.64. The molecular formula is C32H35BrN2O5. The van der Waals surface area contributed by atoms with Gasteiger partial charge in [0.25, 0.3) is 0 Å².